The Hall–Kier alpha value is -1.39. The third-order valence-electron chi connectivity index (χ3n) is 3.32. The van der Waals surface area contributed by atoms with Crippen molar-refractivity contribution in [3.8, 4) is 0 Å². The quantitative estimate of drug-likeness (QED) is 0.796. The van der Waals surface area contributed by atoms with E-state index < -0.39 is 5.60 Å². The van der Waals surface area contributed by atoms with Gasteiger partial charge >= 0.3 is 0 Å². The van der Waals surface area contributed by atoms with Gasteiger partial charge in [-0.3, -0.25) is 0 Å². The van der Waals surface area contributed by atoms with E-state index in [-0.39, 0.29) is 11.4 Å². The summed E-state index contributed by atoms with van der Waals surface area (Å²) in [6.45, 7) is 1.35. The molecule has 0 radical (unpaired) electrons. The van der Waals surface area contributed by atoms with Gasteiger partial charge in [0.25, 0.3) is 0 Å². The SMILES string of the molecule is OC1(c2cc3cccc(F)c3o2)CCCNC1. The van der Waals surface area contributed by atoms with E-state index in [1.54, 1.807) is 18.2 Å². The van der Waals surface area contributed by atoms with Crippen LogP contribution >= 0.6 is 0 Å². The smallest absolute Gasteiger partial charge is 0.170 e. The molecule has 1 saturated heterocycles. The van der Waals surface area contributed by atoms with Crippen LogP contribution in [-0.4, -0.2) is 18.2 Å². The first kappa shape index (κ1) is 10.7. The fraction of sp³-hybridized carbons (Fsp3) is 0.385. The first-order chi connectivity index (χ1) is 8.19. The number of benzene rings is 1. The van der Waals surface area contributed by atoms with E-state index in [1.807, 2.05) is 0 Å². The van der Waals surface area contributed by atoms with Crippen LogP contribution < -0.4 is 5.32 Å². The molecule has 0 bridgehead atoms. The van der Waals surface area contributed by atoms with Crippen molar-refractivity contribution in [2.24, 2.45) is 0 Å². The van der Waals surface area contributed by atoms with Crippen molar-refractivity contribution >= 4 is 11.0 Å². The third kappa shape index (κ3) is 1.73. The number of nitrogens with one attached hydrogen (secondary N) is 1. The Bertz CT molecular complexity index is 543. The van der Waals surface area contributed by atoms with Gasteiger partial charge in [0, 0.05) is 11.9 Å². The summed E-state index contributed by atoms with van der Waals surface area (Å²) in [5.74, 6) is 0.0610. The Balaban J connectivity index is 2.08. The van der Waals surface area contributed by atoms with Crippen LogP contribution in [0.4, 0.5) is 4.39 Å². The van der Waals surface area contributed by atoms with Crippen LogP contribution in [0.1, 0.15) is 18.6 Å². The van der Waals surface area contributed by atoms with E-state index in [1.165, 1.54) is 6.07 Å². The van der Waals surface area contributed by atoms with Crippen molar-refractivity contribution in [2.75, 3.05) is 13.1 Å². The zero-order chi connectivity index (χ0) is 11.9. The first-order valence-electron chi connectivity index (χ1n) is 5.81. The molecule has 3 rings (SSSR count). The van der Waals surface area contributed by atoms with Crippen LogP contribution in [0.2, 0.25) is 0 Å². The van der Waals surface area contributed by atoms with Gasteiger partial charge in [0.2, 0.25) is 0 Å². The van der Waals surface area contributed by atoms with Gasteiger partial charge in [0.15, 0.2) is 11.4 Å². The maximum absolute atomic E-state index is 13.5. The van der Waals surface area contributed by atoms with Crippen LogP contribution in [0.3, 0.4) is 0 Å². The molecule has 2 heterocycles. The number of para-hydroxylation sites is 1. The van der Waals surface area contributed by atoms with Crippen molar-refractivity contribution in [3.63, 3.8) is 0 Å². The van der Waals surface area contributed by atoms with Gasteiger partial charge in [-0.25, -0.2) is 4.39 Å². The lowest BCUT2D eigenvalue weighted by atomic mass is 9.91. The van der Waals surface area contributed by atoms with Crippen LogP contribution in [-0.2, 0) is 5.60 Å². The molecule has 1 atom stereocenters. The monoisotopic (exact) mass is 235 g/mol. The molecule has 1 aliphatic heterocycles. The molecule has 3 nitrogen and oxygen atoms in total. The Morgan fingerprint density at radius 3 is 3.00 bits per heavy atom. The number of hydrogen-bond donors (Lipinski definition) is 2. The van der Waals surface area contributed by atoms with E-state index in [9.17, 15) is 9.50 Å². The maximum Gasteiger partial charge on any atom is 0.170 e. The van der Waals surface area contributed by atoms with Gasteiger partial charge in [-0.1, -0.05) is 12.1 Å². The summed E-state index contributed by atoms with van der Waals surface area (Å²) in [4.78, 5) is 0. The molecule has 90 valence electrons. The van der Waals surface area contributed by atoms with Crippen molar-refractivity contribution < 1.29 is 13.9 Å². The summed E-state index contributed by atoms with van der Waals surface area (Å²) in [7, 11) is 0. The van der Waals surface area contributed by atoms with Crippen LogP contribution in [0, 0.1) is 5.82 Å². The predicted octanol–water partition coefficient (Wildman–Crippen LogP) is 2.14. The third-order valence-corrected chi connectivity index (χ3v) is 3.32. The lowest BCUT2D eigenvalue weighted by molar-refractivity contribution is -0.00624. The van der Waals surface area contributed by atoms with Gasteiger partial charge in [-0.05, 0) is 31.5 Å². The molecule has 1 aromatic heterocycles. The highest BCUT2D eigenvalue weighted by atomic mass is 19.1. The van der Waals surface area contributed by atoms with Gasteiger partial charge in [0.1, 0.15) is 11.4 Å². The zero-order valence-electron chi connectivity index (χ0n) is 9.37. The summed E-state index contributed by atoms with van der Waals surface area (Å²) in [6.07, 6.45) is 1.53. The Morgan fingerprint density at radius 2 is 2.29 bits per heavy atom. The summed E-state index contributed by atoms with van der Waals surface area (Å²) in [6, 6.07) is 6.51. The molecule has 1 fully saturated rings. The minimum atomic E-state index is -1.01. The predicted molar refractivity (Wildman–Crippen MR) is 62.2 cm³/mol. The molecule has 2 N–H and O–H groups in total. The Morgan fingerprint density at radius 1 is 1.41 bits per heavy atom. The van der Waals surface area contributed by atoms with E-state index in [4.69, 9.17) is 4.42 Å². The molecule has 0 spiro atoms. The number of β-amino-alcohol motifs (C(OH)–C–C–N with tert-alkyl or cyclic N) is 1. The summed E-state index contributed by atoms with van der Waals surface area (Å²) < 4.78 is 19.0. The molecule has 1 aromatic carbocycles. The molecule has 0 amide bonds. The molecule has 1 unspecified atom stereocenters. The Labute approximate surface area is 98.2 Å². The Kier molecular flexibility index (Phi) is 2.42. The molecule has 1 aliphatic rings. The standard InChI is InChI=1S/C13H14FNO2/c14-10-4-1-3-9-7-11(17-12(9)10)13(16)5-2-6-15-8-13/h1,3-4,7,15-16H,2,5-6,8H2. The number of fused-ring (bicyclic) bond motifs is 1. The normalized spacial score (nSPS) is 25.3. The second-order valence-corrected chi connectivity index (χ2v) is 4.58. The average molecular weight is 235 g/mol. The molecule has 2 aromatic rings. The molecular weight excluding hydrogens is 221 g/mol. The molecule has 0 aliphatic carbocycles. The first-order valence-corrected chi connectivity index (χ1v) is 5.81. The second kappa shape index (κ2) is 3.82. The van der Waals surface area contributed by atoms with Crippen LogP contribution in [0.25, 0.3) is 11.0 Å². The summed E-state index contributed by atoms with van der Waals surface area (Å²) in [5.41, 5.74) is -0.787. The number of piperidine rings is 1. The van der Waals surface area contributed by atoms with E-state index >= 15 is 0 Å². The van der Waals surface area contributed by atoms with Crippen molar-refractivity contribution in [1.82, 2.24) is 5.32 Å². The fourth-order valence-corrected chi connectivity index (χ4v) is 2.36. The zero-order valence-corrected chi connectivity index (χ0v) is 9.37. The minimum absolute atomic E-state index is 0.224. The highest BCUT2D eigenvalue weighted by Crippen LogP contribution is 2.33. The van der Waals surface area contributed by atoms with Crippen LogP contribution in [0.5, 0.6) is 0 Å². The molecule has 0 saturated carbocycles. The topological polar surface area (TPSA) is 45.4 Å². The number of aliphatic hydroxyl groups is 1. The summed E-state index contributed by atoms with van der Waals surface area (Å²) in [5, 5.41) is 14.3. The number of rotatable bonds is 1. The highest BCUT2D eigenvalue weighted by Gasteiger charge is 2.34. The van der Waals surface area contributed by atoms with E-state index in [0.717, 1.165) is 13.0 Å². The van der Waals surface area contributed by atoms with Gasteiger partial charge in [0.05, 0.1) is 0 Å². The van der Waals surface area contributed by atoms with Crippen molar-refractivity contribution in [3.05, 3.63) is 35.8 Å². The minimum Gasteiger partial charge on any atom is -0.455 e. The van der Waals surface area contributed by atoms with E-state index in [0.29, 0.717) is 24.1 Å². The molecule has 17 heavy (non-hydrogen) atoms. The largest absolute Gasteiger partial charge is 0.455 e. The number of hydrogen-bond acceptors (Lipinski definition) is 3. The molecular formula is C13H14FNO2. The lowest BCUT2D eigenvalue weighted by Gasteiger charge is -2.30. The van der Waals surface area contributed by atoms with Crippen molar-refractivity contribution in [1.29, 1.82) is 0 Å². The second-order valence-electron chi connectivity index (χ2n) is 4.58. The van der Waals surface area contributed by atoms with Gasteiger partial charge < -0.3 is 14.8 Å². The highest BCUT2D eigenvalue weighted by molar-refractivity contribution is 5.78. The summed E-state index contributed by atoms with van der Waals surface area (Å²) >= 11 is 0. The number of halogens is 1. The molecule has 4 heteroatoms. The van der Waals surface area contributed by atoms with Gasteiger partial charge in [-0.2, -0.15) is 0 Å². The van der Waals surface area contributed by atoms with Crippen LogP contribution in [0.15, 0.2) is 28.7 Å². The lowest BCUT2D eigenvalue weighted by Crippen LogP contribution is -2.42. The van der Waals surface area contributed by atoms with Gasteiger partial charge in [-0.15, -0.1) is 0 Å². The fourth-order valence-electron chi connectivity index (χ4n) is 2.36. The number of furan rings is 1. The average Bonchev–Trinajstić information content (AvgIpc) is 2.76. The van der Waals surface area contributed by atoms with Crippen molar-refractivity contribution in [2.45, 2.75) is 18.4 Å². The maximum atomic E-state index is 13.5. The van der Waals surface area contributed by atoms with E-state index in [2.05, 4.69) is 5.32 Å².